The number of amides is 1. The van der Waals surface area contributed by atoms with Gasteiger partial charge in [-0.05, 0) is 42.8 Å². The SMILES string of the molecule is CC.CC(C)(C)OC(=O)Nc1nnc(Cl)cc1Br. The van der Waals surface area contributed by atoms with E-state index in [1.54, 1.807) is 20.8 Å². The van der Waals surface area contributed by atoms with Crippen molar-refractivity contribution in [3.05, 3.63) is 15.7 Å². The number of hydrogen-bond donors (Lipinski definition) is 1. The summed E-state index contributed by atoms with van der Waals surface area (Å²) in [7, 11) is 0. The number of carbonyl (C=O) groups is 1. The third kappa shape index (κ3) is 6.76. The normalized spacial score (nSPS) is 10.2. The summed E-state index contributed by atoms with van der Waals surface area (Å²) in [6.45, 7) is 9.32. The first kappa shape index (κ1) is 17.1. The van der Waals surface area contributed by atoms with Crippen LogP contribution in [0.4, 0.5) is 10.6 Å². The molecular weight excluding hydrogens is 321 g/mol. The van der Waals surface area contributed by atoms with E-state index in [0.29, 0.717) is 4.47 Å². The van der Waals surface area contributed by atoms with Gasteiger partial charge in [0, 0.05) is 0 Å². The molecule has 0 bridgehead atoms. The van der Waals surface area contributed by atoms with Gasteiger partial charge in [-0.2, -0.15) is 0 Å². The zero-order valence-electron chi connectivity index (χ0n) is 11.0. The number of carbonyl (C=O) groups excluding carboxylic acids is 1. The second-order valence-electron chi connectivity index (χ2n) is 3.99. The molecule has 0 saturated carbocycles. The van der Waals surface area contributed by atoms with Crippen LogP contribution in [0.3, 0.4) is 0 Å². The zero-order chi connectivity index (χ0) is 14.3. The predicted molar refractivity (Wildman–Crippen MR) is 75.9 cm³/mol. The van der Waals surface area contributed by atoms with E-state index in [1.807, 2.05) is 13.8 Å². The lowest BCUT2D eigenvalue weighted by Gasteiger charge is -2.19. The molecule has 0 aliphatic carbocycles. The van der Waals surface area contributed by atoms with Gasteiger partial charge in [0.15, 0.2) is 11.0 Å². The minimum absolute atomic E-state index is 0.238. The van der Waals surface area contributed by atoms with Gasteiger partial charge in [-0.25, -0.2) is 4.79 Å². The standard InChI is InChI=1S/C9H11BrClN3O2.C2H6/c1-9(2,3)16-8(15)12-7-5(10)4-6(11)13-14-7;1-2/h4H,1-3H3,(H,12,14,15);1-2H3. The molecule has 1 heterocycles. The van der Waals surface area contributed by atoms with Gasteiger partial charge < -0.3 is 4.74 Å². The van der Waals surface area contributed by atoms with Crippen molar-refractivity contribution < 1.29 is 9.53 Å². The monoisotopic (exact) mass is 337 g/mol. The van der Waals surface area contributed by atoms with E-state index in [-0.39, 0.29) is 11.0 Å². The molecule has 0 spiro atoms. The highest BCUT2D eigenvalue weighted by Crippen LogP contribution is 2.21. The van der Waals surface area contributed by atoms with Gasteiger partial charge in [0.25, 0.3) is 0 Å². The van der Waals surface area contributed by atoms with Gasteiger partial charge in [0.1, 0.15) is 5.60 Å². The smallest absolute Gasteiger partial charge is 0.413 e. The van der Waals surface area contributed by atoms with E-state index in [4.69, 9.17) is 16.3 Å². The highest BCUT2D eigenvalue weighted by Gasteiger charge is 2.17. The molecular formula is C11H17BrClN3O2. The fraction of sp³-hybridized carbons (Fsp3) is 0.545. The first-order chi connectivity index (χ1) is 8.28. The first-order valence-electron chi connectivity index (χ1n) is 5.46. The second kappa shape index (κ2) is 7.53. The number of halogens is 2. The molecule has 0 aromatic carbocycles. The van der Waals surface area contributed by atoms with Crippen LogP contribution < -0.4 is 5.32 Å². The van der Waals surface area contributed by atoms with E-state index in [2.05, 4.69) is 31.4 Å². The molecule has 1 N–H and O–H groups in total. The fourth-order valence-corrected chi connectivity index (χ4v) is 1.51. The number of nitrogens with zero attached hydrogens (tertiary/aromatic N) is 2. The Morgan fingerprint density at radius 2 is 1.94 bits per heavy atom. The van der Waals surface area contributed by atoms with Crippen molar-refractivity contribution in [3.63, 3.8) is 0 Å². The molecule has 18 heavy (non-hydrogen) atoms. The van der Waals surface area contributed by atoms with Crippen molar-refractivity contribution in [3.8, 4) is 0 Å². The number of nitrogens with one attached hydrogen (secondary N) is 1. The summed E-state index contributed by atoms with van der Waals surface area (Å²) in [5.74, 6) is 0.263. The number of aromatic nitrogens is 2. The van der Waals surface area contributed by atoms with E-state index >= 15 is 0 Å². The number of ether oxygens (including phenoxy) is 1. The second-order valence-corrected chi connectivity index (χ2v) is 5.23. The van der Waals surface area contributed by atoms with Crippen LogP contribution in [0.2, 0.25) is 5.15 Å². The molecule has 1 amide bonds. The van der Waals surface area contributed by atoms with Crippen molar-refractivity contribution in [2.75, 3.05) is 5.32 Å². The lowest BCUT2D eigenvalue weighted by Crippen LogP contribution is -2.27. The van der Waals surface area contributed by atoms with Crippen molar-refractivity contribution >= 4 is 39.4 Å². The minimum Gasteiger partial charge on any atom is -0.444 e. The maximum atomic E-state index is 11.4. The van der Waals surface area contributed by atoms with Gasteiger partial charge >= 0.3 is 6.09 Å². The largest absolute Gasteiger partial charge is 0.444 e. The molecule has 0 aliphatic rings. The van der Waals surface area contributed by atoms with Crippen LogP contribution in [-0.2, 0) is 4.74 Å². The summed E-state index contributed by atoms with van der Waals surface area (Å²) in [4.78, 5) is 11.4. The number of rotatable bonds is 1. The molecule has 5 nitrogen and oxygen atoms in total. The van der Waals surface area contributed by atoms with E-state index in [0.717, 1.165) is 0 Å². The summed E-state index contributed by atoms with van der Waals surface area (Å²) in [5, 5.41) is 10.0. The van der Waals surface area contributed by atoms with Crippen molar-refractivity contribution in [1.82, 2.24) is 10.2 Å². The van der Waals surface area contributed by atoms with Gasteiger partial charge in [-0.15, -0.1) is 10.2 Å². The third-order valence-electron chi connectivity index (χ3n) is 1.34. The summed E-state index contributed by atoms with van der Waals surface area (Å²) in [6, 6.07) is 1.53. The molecule has 1 aromatic heterocycles. The van der Waals surface area contributed by atoms with Crippen molar-refractivity contribution in [2.24, 2.45) is 0 Å². The topological polar surface area (TPSA) is 64.1 Å². The molecule has 1 aromatic rings. The number of anilines is 1. The molecule has 0 aliphatic heterocycles. The summed E-state index contributed by atoms with van der Waals surface area (Å²) >= 11 is 8.81. The summed E-state index contributed by atoms with van der Waals surface area (Å²) in [5.41, 5.74) is -0.559. The highest BCUT2D eigenvalue weighted by molar-refractivity contribution is 9.10. The first-order valence-corrected chi connectivity index (χ1v) is 6.64. The molecule has 102 valence electrons. The Bertz CT molecular complexity index is 408. The predicted octanol–water partition coefficient (Wildman–Crippen LogP) is 4.27. The van der Waals surface area contributed by atoms with Gasteiger partial charge in [0.2, 0.25) is 0 Å². The molecule has 0 radical (unpaired) electrons. The Kier molecular flexibility index (Phi) is 7.16. The zero-order valence-corrected chi connectivity index (χ0v) is 13.4. The molecule has 0 unspecified atom stereocenters. The van der Waals surface area contributed by atoms with Crippen LogP contribution in [-0.4, -0.2) is 21.9 Å². The Morgan fingerprint density at radius 1 is 1.39 bits per heavy atom. The van der Waals surface area contributed by atoms with Crippen LogP contribution in [0, 0.1) is 0 Å². The van der Waals surface area contributed by atoms with Gasteiger partial charge in [-0.3, -0.25) is 5.32 Å². The Morgan fingerprint density at radius 3 is 2.39 bits per heavy atom. The molecule has 0 fully saturated rings. The van der Waals surface area contributed by atoms with Crippen molar-refractivity contribution in [1.29, 1.82) is 0 Å². The Labute approximate surface area is 120 Å². The lowest BCUT2D eigenvalue weighted by atomic mass is 10.2. The number of hydrogen-bond acceptors (Lipinski definition) is 4. The van der Waals surface area contributed by atoms with Crippen molar-refractivity contribution in [2.45, 2.75) is 40.2 Å². The van der Waals surface area contributed by atoms with E-state index in [1.165, 1.54) is 6.07 Å². The third-order valence-corrected chi connectivity index (χ3v) is 2.13. The van der Waals surface area contributed by atoms with E-state index in [9.17, 15) is 4.79 Å². The molecule has 0 atom stereocenters. The Hall–Kier alpha value is -0.880. The molecule has 0 saturated heterocycles. The average molecular weight is 339 g/mol. The van der Waals surface area contributed by atoms with Gasteiger partial charge in [-0.1, -0.05) is 25.4 Å². The summed E-state index contributed by atoms with van der Waals surface area (Å²) in [6.07, 6.45) is -0.593. The molecule has 7 heteroatoms. The van der Waals surface area contributed by atoms with Crippen LogP contribution in [0.15, 0.2) is 10.5 Å². The quantitative estimate of drug-likeness (QED) is 0.830. The molecule has 1 rings (SSSR count). The maximum absolute atomic E-state index is 11.4. The maximum Gasteiger partial charge on any atom is 0.413 e. The fourth-order valence-electron chi connectivity index (χ4n) is 0.832. The van der Waals surface area contributed by atoms with Crippen LogP contribution >= 0.6 is 27.5 Å². The van der Waals surface area contributed by atoms with Crippen LogP contribution in [0.1, 0.15) is 34.6 Å². The highest BCUT2D eigenvalue weighted by atomic mass is 79.9. The summed E-state index contributed by atoms with van der Waals surface area (Å²) < 4.78 is 5.60. The van der Waals surface area contributed by atoms with Crippen LogP contribution in [0.25, 0.3) is 0 Å². The average Bonchev–Trinajstić information content (AvgIpc) is 2.22. The minimum atomic E-state index is -0.593. The van der Waals surface area contributed by atoms with E-state index < -0.39 is 11.7 Å². The van der Waals surface area contributed by atoms with Crippen LogP contribution in [0.5, 0.6) is 0 Å². The van der Waals surface area contributed by atoms with Gasteiger partial charge in [0.05, 0.1) is 4.47 Å². The lowest BCUT2D eigenvalue weighted by molar-refractivity contribution is 0.0635. The Balaban J connectivity index is 0.00000137.